The van der Waals surface area contributed by atoms with Gasteiger partial charge in [0.1, 0.15) is 17.6 Å². The van der Waals surface area contributed by atoms with Crippen molar-refractivity contribution in [3.8, 4) is 0 Å². The maximum Gasteiger partial charge on any atom is 0.280 e. The molecule has 3 unspecified atom stereocenters. The molecule has 11 heteroatoms. The van der Waals surface area contributed by atoms with Crippen LogP contribution in [0.3, 0.4) is 0 Å². The summed E-state index contributed by atoms with van der Waals surface area (Å²) in [4.78, 5) is 25.5. The number of anilines is 2. The maximum atomic E-state index is 14.5. The van der Waals surface area contributed by atoms with Crippen LogP contribution >= 0.6 is 0 Å². The Hall–Kier alpha value is -3.18. The first-order valence-electron chi connectivity index (χ1n) is 15.3. The van der Waals surface area contributed by atoms with E-state index in [0.29, 0.717) is 50.0 Å². The second-order valence-corrected chi connectivity index (χ2v) is 12.4. The van der Waals surface area contributed by atoms with E-state index in [4.69, 9.17) is 4.74 Å². The number of aromatic nitrogens is 3. The number of carbonyl (C=O) groups is 1. The van der Waals surface area contributed by atoms with Crippen LogP contribution in [0.5, 0.6) is 0 Å². The molecule has 224 valence electrons. The minimum absolute atomic E-state index is 0.0153. The van der Waals surface area contributed by atoms with E-state index in [1.54, 1.807) is 6.20 Å². The summed E-state index contributed by atoms with van der Waals surface area (Å²) in [6.07, 6.45) is 4.39. The third-order valence-corrected chi connectivity index (χ3v) is 10.3. The molecule has 7 rings (SSSR count). The molecular formula is C31H39F2N7O2. The number of hydrogen-bond donors (Lipinski definition) is 0. The Morgan fingerprint density at radius 1 is 1.17 bits per heavy atom. The molecule has 2 aromatic rings. The van der Waals surface area contributed by atoms with Crippen molar-refractivity contribution in [2.45, 2.75) is 76.2 Å². The topological polar surface area (TPSA) is 77.9 Å². The summed E-state index contributed by atoms with van der Waals surface area (Å²) in [5, 5.41) is 8.52. The zero-order valence-corrected chi connectivity index (χ0v) is 24.4. The van der Waals surface area contributed by atoms with Crippen LogP contribution in [0.15, 0.2) is 24.9 Å². The molecule has 2 aromatic heterocycles. The molecule has 3 atom stereocenters. The molecule has 0 saturated carbocycles. The lowest BCUT2D eigenvalue weighted by Crippen LogP contribution is -2.69. The third kappa shape index (κ3) is 4.38. The fourth-order valence-electron chi connectivity index (χ4n) is 8.11. The molecule has 5 aliphatic rings. The number of hydrogen-bond acceptors (Lipinski definition) is 8. The lowest BCUT2D eigenvalue weighted by molar-refractivity contribution is -0.128. The number of amides is 1. The van der Waals surface area contributed by atoms with E-state index in [0.717, 1.165) is 67.8 Å². The van der Waals surface area contributed by atoms with Crippen LogP contribution in [-0.2, 0) is 21.6 Å². The highest BCUT2D eigenvalue weighted by molar-refractivity contribution is 5.87. The Balaban J connectivity index is 1.11. The fourth-order valence-corrected chi connectivity index (χ4v) is 8.11. The minimum atomic E-state index is -2.62. The number of rotatable bonds is 4. The van der Waals surface area contributed by atoms with E-state index >= 15 is 0 Å². The lowest BCUT2D eigenvalue weighted by Gasteiger charge is -2.55. The number of pyridine rings is 1. The van der Waals surface area contributed by atoms with Crippen molar-refractivity contribution in [1.29, 1.82) is 0 Å². The van der Waals surface area contributed by atoms with Crippen molar-refractivity contribution >= 4 is 17.4 Å². The zero-order valence-electron chi connectivity index (χ0n) is 24.4. The number of halogens is 2. The van der Waals surface area contributed by atoms with Gasteiger partial charge in [0, 0.05) is 80.8 Å². The van der Waals surface area contributed by atoms with Gasteiger partial charge in [-0.2, -0.15) is 10.2 Å². The molecule has 0 aliphatic carbocycles. The molecule has 5 aliphatic heterocycles. The SMILES string of the molecule is C=CC(=O)N1CCN(C2CN3c4cc(N5CCC6(CC5)OC(C)c5nncc(C)c56)nc(C(F)F)c4CCCC23)CC1. The molecule has 3 saturated heterocycles. The number of piperidine rings is 1. The van der Waals surface area contributed by atoms with Gasteiger partial charge in [0.2, 0.25) is 5.91 Å². The van der Waals surface area contributed by atoms with E-state index in [9.17, 15) is 13.6 Å². The molecule has 3 fully saturated rings. The molecule has 1 spiro atoms. The molecule has 1 amide bonds. The Kier molecular flexibility index (Phi) is 6.92. The average molecular weight is 580 g/mol. The largest absolute Gasteiger partial charge is 0.365 e. The molecule has 9 nitrogen and oxygen atoms in total. The Bertz CT molecular complexity index is 1390. The van der Waals surface area contributed by atoms with Crippen molar-refractivity contribution in [2.75, 3.05) is 55.6 Å². The normalized spacial score (nSPS) is 26.9. The second-order valence-electron chi connectivity index (χ2n) is 12.4. The van der Waals surface area contributed by atoms with E-state index in [2.05, 4.69) is 49.5 Å². The number of piperazine rings is 1. The van der Waals surface area contributed by atoms with Crippen LogP contribution in [0, 0.1) is 6.92 Å². The highest BCUT2D eigenvalue weighted by Crippen LogP contribution is 2.50. The quantitative estimate of drug-likeness (QED) is 0.505. The standard InChI is InChI=1S/C31H39F2N7O2/c1-4-26(41)39-14-12-37(13-15-39)24-18-40-22(24)7-5-6-21-23(40)16-25(35-29(21)30(32)33)38-10-8-31(9-11-38)27-19(2)17-34-36-28(27)20(3)42-31/h4,16-17,20,22,24,30H,1,5-15,18H2,2-3H3. The molecule has 7 heterocycles. The van der Waals surface area contributed by atoms with E-state index in [-0.39, 0.29) is 23.7 Å². The zero-order chi connectivity index (χ0) is 29.2. The molecule has 42 heavy (non-hydrogen) atoms. The Morgan fingerprint density at radius 3 is 2.64 bits per heavy atom. The van der Waals surface area contributed by atoms with Gasteiger partial charge >= 0.3 is 0 Å². The van der Waals surface area contributed by atoms with Gasteiger partial charge in [-0.15, -0.1) is 0 Å². The summed E-state index contributed by atoms with van der Waals surface area (Å²) in [6.45, 7) is 12.9. The summed E-state index contributed by atoms with van der Waals surface area (Å²) >= 11 is 0. The van der Waals surface area contributed by atoms with Gasteiger partial charge in [0.15, 0.2) is 0 Å². The van der Waals surface area contributed by atoms with Crippen molar-refractivity contribution in [1.82, 2.24) is 25.0 Å². The van der Waals surface area contributed by atoms with Gasteiger partial charge in [-0.3, -0.25) is 9.69 Å². The summed E-state index contributed by atoms with van der Waals surface area (Å²) in [5.74, 6) is 0.619. The molecule has 0 aromatic carbocycles. The molecule has 0 radical (unpaired) electrons. The summed E-state index contributed by atoms with van der Waals surface area (Å²) in [6, 6.07) is 2.72. The van der Waals surface area contributed by atoms with Crippen LogP contribution in [0.25, 0.3) is 0 Å². The number of alkyl halides is 2. The third-order valence-electron chi connectivity index (χ3n) is 10.3. The van der Waals surface area contributed by atoms with Crippen LogP contribution in [0.1, 0.15) is 73.2 Å². The predicted molar refractivity (Wildman–Crippen MR) is 155 cm³/mol. The van der Waals surface area contributed by atoms with Crippen molar-refractivity contribution in [3.05, 3.63) is 53.0 Å². The smallest absolute Gasteiger partial charge is 0.280 e. The van der Waals surface area contributed by atoms with Gasteiger partial charge < -0.3 is 19.4 Å². The van der Waals surface area contributed by atoms with Crippen LogP contribution in [-0.4, -0.2) is 88.8 Å². The van der Waals surface area contributed by atoms with Crippen LogP contribution in [0.2, 0.25) is 0 Å². The van der Waals surface area contributed by atoms with Gasteiger partial charge in [0.25, 0.3) is 6.43 Å². The number of nitrogens with zero attached hydrogens (tertiary/aromatic N) is 7. The summed E-state index contributed by atoms with van der Waals surface area (Å²) in [7, 11) is 0. The van der Waals surface area contributed by atoms with E-state index < -0.39 is 12.0 Å². The van der Waals surface area contributed by atoms with E-state index in [1.807, 2.05) is 11.8 Å². The summed E-state index contributed by atoms with van der Waals surface area (Å²) < 4.78 is 35.5. The van der Waals surface area contributed by atoms with Gasteiger partial charge in [-0.25, -0.2) is 13.8 Å². The van der Waals surface area contributed by atoms with Gasteiger partial charge in [-0.05, 0) is 57.6 Å². The molecular weight excluding hydrogens is 540 g/mol. The highest BCUT2D eigenvalue weighted by atomic mass is 19.3. The van der Waals surface area contributed by atoms with Gasteiger partial charge in [0.05, 0.1) is 17.5 Å². The number of fused-ring (bicyclic) bond motifs is 5. The van der Waals surface area contributed by atoms with Crippen molar-refractivity contribution < 1.29 is 18.3 Å². The highest BCUT2D eigenvalue weighted by Gasteiger charge is 2.49. The number of aryl methyl sites for hydroxylation is 1. The van der Waals surface area contributed by atoms with Gasteiger partial charge in [-0.1, -0.05) is 6.58 Å². The predicted octanol–water partition coefficient (Wildman–Crippen LogP) is 3.93. The first kappa shape index (κ1) is 27.6. The summed E-state index contributed by atoms with van der Waals surface area (Å²) in [5.41, 5.74) is 4.31. The van der Waals surface area contributed by atoms with Crippen molar-refractivity contribution in [3.63, 3.8) is 0 Å². The maximum absolute atomic E-state index is 14.5. The molecule has 0 bridgehead atoms. The Morgan fingerprint density at radius 2 is 1.93 bits per heavy atom. The monoisotopic (exact) mass is 579 g/mol. The average Bonchev–Trinajstić information content (AvgIpc) is 3.17. The minimum Gasteiger partial charge on any atom is -0.365 e. The first-order valence-corrected chi connectivity index (χ1v) is 15.3. The number of ether oxygens (including phenoxy) is 1. The van der Waals surface area contributed by atoms with Crippen LogP contribution in [0.4, 0.5) is 20.3 Å². The number of carbonyl (C=O) groups excluding carboxylic acids is 1. The molecule has 0 N–H and O–H groups in total. The fraction of sp³-hybridized carbons (Fsp3) is 0.613. The van der Waals surface area contributed by atoms with E-state index in [1.165, 1.54) is 6.08 Å². The van der Waals surface area contributed by atoms with Crippen molar-refractivity contribution in [2.24, 2.45) is 0 Å². The second kappa shape index (κ2) is 10.5. The van der Waals surface area contributed by atoms with Crippen LogP contribution < -0.4 is 9.80 Å². The lowest BCUT2D eigenvalue weighted by atomic mass is 9.83. The Labute approximate surface area is 245 Å². The first-order chi connectivity index (χ1) is 20.3.